The molecule has 0 amide bonds. The van der Waals surface area contributed by atoms with Gasteiger partial charge in [0.1, 0.15) is 5.69 Å². The van der Waals surface area contributed by atoms with Crippen LogP contribution in [-0.4, -0.2) is 32.9 Å². The molecule has 0 spiro atoms. The first-order chi connectivity index (χ1) is 12.5. The van der Waals surface area contributed by atoms with Crippen LogP contribution in [0.15, 0.2) is 64.9 Å². The Morgan fingerprint density at radius 3 is 2.19 bits per heavy atom. The van der Waals surface area contributed by atoms with Crippen molar-refractivity contribution in [3.8, 4) is 0 Å². The lowest BCUT2D eigenvalue weighted by atomic mass is 10.2. The van der Waals surface area contributed by atoms with Crippen molar-refractivity contribution in [3.63, 3.8) is 0 Å². The predicted molar refractivity (Wildman–Crippen MR) is 98.0 cm³/mol. The van der Waals surface area contributed by atoms with Gasteiger partial charge in [-0.05, 0) is 36.4 Å². The summed E-state index contributed by atoms with van der Waals surface area (Å²) in [6.07, 6.45) is 1.33. The molecule has 0 bridgehead atoms. The summed E-state index contributed by atoms with van der Waals surface area (Å²) in [5, 5.41) is 14.0. The summed E-state index contributed by atoms with van der Waals surface area (Å²) in [4.78, 5) is 9.94. The zero-order chi connectivity index (χ0) is 20.2. The fourth-order valence-electron chi connectivity index (χ4n) is 2.05. The van der Waals surface area contributed by atoms with Crippen LogP contribution in [0.5, 0.6) is 0 Å². The van der Waals surface area contributed by atoms with Gasteiger partial charge >= 0.3 is 0 Å². The maximum Gasteiger partial charge on any atom is 0.294 e. The van der Waals surface area contributed by atoms with Gasteiger partial charge < -0.3 is 5.32 Å². The normalized spacial score (nSPS) is 11.7. The van der Waals surface area contributed by atoms with Gasteiger partial charge in [0, 0.05) is 18.3 Å². The minimum atomic E-state index is -4.36. The minimum Gasteiger partial charge on any atom is -0.350 e. The largest absolute Gasteiger partial charge is 0.350 e. The Bertz CT molecular complexity index is 1080. The minimum absolute atomic E-state index is 0.00211. The Balaban J connectivity index is 2.37. The molecule has 2 aromatic carbocycles. The molecule has 0 radical (unpaired) electrons. The van der Waals surface area contributed by atoms with Crippen molar-refractivity contribution in [2.45, 2.75) is 9.79 Å². The fraction of sp³-hybridized carbons (Fsp3) is 0.0667. The Morgan fingerprint density at radius 2 is 1.67 bits per heavy atom. The second-order valence-electron chi connectivity index (χ2n) is 5.20. The van der Waals surface area contributed by atoms with Gasteiger partial charge in [0.25, 0.3) is 15.8 Å². The van der Waals surface area contributed by atoms with E-state index in [1.54, 1.807) is 0 Å². The molecule has 2 aromatic rings. The summed E-state index contributed by atoms with van der Waals surface area (Å²) in [5.41, 5.74) is -0.191. The van der Waals surface area contributed by atoms with Gasteiger partial charge in [0.15, 0.2) is 0 Å². The molecule has 0 unspecified atom stereocenters. The molecule has 0 saturated carbocycles. The molecule has 0 saturated heterocycles. The molecule has 12 heteroatoms. The number of nitrogens with one attached hydrogen (secondary N) is 2. The lowest BCUT2D eigenvalue weighted by Gasteiger charge is -2.10. The van der Waals surface area contributed by atoms with E-state index >= 15 is 0 Å². The number of hydrogen-bond donors (Lipinski definition) is 3. The first-order valence-electron chi connectivity index (χ1n) is 7.28. The van der Waals surface area contributed by atoms with E-state index in [9.17, 15) is 26.9 Å². The molecule has 0 fully saturated rings. The molecule has 0 heterocycles. The van der Waals surface area contributed by atoms with Gasteiger partial charge in [-0.25, -0.2) is 13.1 Å². The standard InChI is InChI=1S/C15H15N3O7S2/c1-2-9-16-26(21,22)13-7-8-14(15(10-13)18(19)20)17-11-3-5-12(6-4-11)27(23,24)25/h2-8,10,16-17H,1,9H2,(H,23,24,25). The highest BCUT2D eigenvalue weighted by molar-refractivity contribution is 7.89. The monoisotopic (exact) mass is 413 g/mol. The van der Waals surface area contributed by atoms with Crippen LogP contribution in [-0.2, 0) is 20.1 Å². The Kier molecular flexibility index (Phi) is 5.95. The Hall–Kier alpha value is -2.80. The van der Waals surface area contributed by atoms with Gasteiger partial charge in [-0.1, -0.05) is 6.08 Å². The fourth-order valence-corrected chi connectivity index (χ4v) is 3.55. The zero-order valence-electron chi connectivity index (χ0n) is 13.7. The second kappa shape index (κ2) is 7.84. The topological polar surface area (TPSA) is 156 Å². The smallest absolute Gasteiger partial charge is 0.294 e. The van der Waals surface area contributed by atoms with Gasteiger partial charge in [-0.15, -0.1) is 6.58 Å². The molecule has 2 rings (SSSR count). The average molecular weight is 413 g/mol. The summed E-state index contributed by atoms with van der Waals surface area (Å²) < 4.78 is 57.4. The first kappa shape index (κ1) is 20.5. The molecule has 0 aliphatic carbocycles. The third-order valence-electron chi connectivity index (χ3n) is 3.33. The van der Waals surface area contributed by atoms with Gasteiger partial charge in [0.2, 0.25) is 10.0 Å². The molecule has 27 heavy (non-hydrogen) atoms. The van der Waals surface area contributed by atoms with Gasteiger partial charge in [0.05, 0.1) is 14.7 Å². The van der Waals surface area contributed by atoms with Crippen LogP contribution >= 0.6 is 0 Å². The number of rotatable bonds is 8. The number of hydrogen-bond acceptors (Lipinski definition) is 7. The van der Waals surface area contributed by atoms with Crippen molar-refractivity contribution in [1.29, 1.82) is 0 Å². The maximum atomic E-state index is 12.1. The highest BCUT2D eigenvalue weighted by Crippen LogP contribution is 2.30. The third-order valence-corrected chi connectivity index (χ3v) is 5.61. The molecule has 0 atom stereocenters. The molecule has 10 nitrogen and oxygen atoms in total. The van der Waals surface area contributed by atoms with Crippen LogP contribution in [0.4, 0.5) is 17.1 Å². The lowest BCUT2D eigenvalue weighted by molar-refractivity contribution is -0.384. The summed E-state index contributed by atoms with van der Waals surface area (Å²) in [5.74, 6) is 0. The van der Waals surface area contributed by atoms with E-state index in [4.69, 9.17) is 4.55 Å². The second-order valence-corrected chi connectivity index (χ2v) is 8.39. The van der Waals surface area contributed by atoms with Crippen molar-refractivity contribution < 1.29 is 26.3 Å². The van der Waals surface area contributed by atoms with E-state index in [0.717, 1.165) is 18.2 Å². The molecular formula is C15H15N3O7S2. The van der Waals surface area contributed by atoms with Crippen LogP contribution < -0.4 is 10.0 Å². The number of sulfonamides is 1. The summed E-state index contributed by atoms with van der Waals surface area (Å²) in [6, 6.07) is 8.13. The van der Waals surface area contributed by atoms with E-state index in [-0.39, 0.29) is 22.0 Å². The van der Waals surface area contributed by atoms with E-state index in [2.05, 4.69) is 16.6 Å². The van der Waals surface area contributed by atoms with Crippen molar-refractivity contribution in [2.75, 3.05) is 11.9 Å². The van der Waals surface area contributed by atoms with Crippen LogP contribution in [0.2, 0.25) is 0 Å². The number of nitro benzene ring substituents is 1. The highest BCUT2D eigenvalue weighted by atomic mass is 32.2. The quantitative estimate of drug-likeness (QED) is 0.257. The molecule has 3 N–H and O–H groups in total. The van der Waals surface area contributed by atoms with E-state index in [0.29, 0.717) is 5.69 Å². The summed E-state index contributed by atoms with van der Waals surface area (Å²) in [7, 11) is -8.30. The van der Waals surface area contributed by atoms with E-state index in [1.807, 2.05) is 0 Å². The molecular weight excluding hydrogens is 398 g/mol. The molecule has 0 aliphatic heterocycles. The van der Waals surface area contributed by atoms with Crippen LogP contribution in [0.3, 0.4) is 0 Å². The van der Waals surface area contributed by atoms with E-state index < -0.39 is 30.8 Å². The predicted octanol–water partition coefficient (Wildman–Crippen LogP) is 2.05. The SMILES string of the molecule is C=CCNS(=O)(=O)c1ccc(Nc2ccc(S(=O)(=O)O)cc2)c([N+](=O)[O-])c1. The van der Waals surface area contributed by atoms with Gasteiger partial charge in [-0.3, -0.25) is 14.7 Å². The van der Waals surface area contributed by atoms with Crippen molar-refractivity contribution >= 4 is 37.2 Å². The maximum absolute atomic E-state index is 12.1. The Morgan fingerprint density at radius 1 is 1.07 bits per heavy atom. The molecule has 144 valence electrons. The zero-order valence-corrected chi connectivity index (χ0v) is 15.3. The number of anilines is 2. The van der Waals surface area contributed by atoms with Crippen molar-refractivity contribution in [3.05, 3.63) is 65.2 Å². The van der Waals surface area contributed by atoms with Crippen molar-refractivity contribution in [2.24, 2.45) is 0 Å². The highest BCUT2D eigenvalue weighted by Gasteiger charge is 2.21. The lowest BCUT2D eigenvalue weighted by Crippen LogP contribution is -2.23. The summed E-state index contributed by atoms with van der Waals surface area (Å²) >= 11 is 0. The first-order valence-corrected chi connectivity index (χ1v) is 10.2. The van der Waals surface area contributed by atoms with Crippen LogP contribution in [0, 0.1) is 10.1 Å². The molecule has 0 aliphatic rings. The Labute approximate surface area is 155 Å². The average Bonchev–Trinajstić information content (AvgIpc) is 2.59. The van der Waals surface area contributed by atoms with Crippen molar-refractivity contribution in [1.82, 2.24) is 4.72 Å². The molecule has 0 aromatic heterocycles. The van der Waals surface area contributed by atoms with Gasteiger partial charge in [-0.2, -0.15) is 8.42 Å². The number of nitrogens with zero attached hydrogens (tertiary/aromatic N) is 1. The number of benzene rings is 2. The third kappa shape index (κ3) is 5.10. The number of nitro groups is 1. The summed E-state index contributed by atoms with van der Waals surface area (Å²) in [6.45, 7) is 3.36. The van der Waals surface area contributed by atoms with Crippen LogP contribution in [0.1, 0.15) is 0 Å². The van der Waals surface area contributed by atoms with Crippen LogP contribution in [0.25, 0.3) is 0 Å². The van der Waals surface area contributed by atoms with E-state index in [1.165, 1.54) is 30.3 Å².